The number of aromatic amines is 1. The summed E-state index contributed by atoms with van der Waals surface area (Å²) in [5.74, 6) is 0.130. The van der Waals surface area contributed by atoms with E-state index in [1.54, 1.807) is 24.5 Å². The molecule has 192 valence electrons. The minimum absolute atomic E-state index is 0.00500. The summed E-state index contributed by atoms with van der Waals surface area (Å²) in [7, 11) is 0. The van der Waals surface area contributed by atoms with Crippen LogP contribution in [0.25, 0.3) is 17.0 Å². The number of hydrogen-bond donors (Lipinski definition) is 2. The van der Waals surface area contributed by atoms with E-state index in [9.17, 15) is 14.3 Å². The normalized spacial score (nSPS) is 15.4. The second-order valence-electron chi connectivity index (χ2n) is 9.58. The Morgan fingerprint density at radius 2 is 1.82 bits per heavy atom. The molecule has 1 aliphatic heterocycles. The van der Waals surface area contributed by atoms with Gasteiger partial charge in [-0.3, -0.25) is 9.78 Å². The molecule has 9 heteroatoms. The van der Waals surface area contributed by atoms with Gasteiger partial charge < -0.3 is 15.0 Å². The molecule has 1 saturated heterocycles. The number of nitrogens with zero attached hydrogens (tertiary/aromatic N) is 5. The number of carbonyl (C=O) groups is 1. The van der Waals surface area contributed by atoms with Crippen molar-refractivity contribution in [1.82, 2.24) is 29.6 Å². The summed E-state index contributed by atoms with van der Waals surface area (Å²) in [5.41, 5.74) is 4.80. The summed E-state index contributed by atoms with van der Waals surface area (Å²) in [5, 5.41) is 16.2. The molecule has 8 nitrogen and oxygen atoms in total. The van der Waals surface area contributed by atoms with Crippen LogP contribution in [-0.2, 0) is 24.1 Å². The zero-order chi connectivity index (χ0) is 26.1. The van der Waals surface area contributed by atoms with Crippen LogP contribution >= 0.6 is 0 Å². The molecule has 0 radical (unpaired) electrons. The topological polar surface area (TPSA) is 99.9 Å². The number of aryl methyl sites for hydroxylation is 1. The number of H-pyrrole nitrogens is 1. The number of aromatic hydroxyl groups is 1. The number of halogens is 1. The highest BCUT2D eigenvalue weighted by Crippen LogP contribution is 2.38. The van der Waals surface area contributed by atoms with Gasteiger partial charge in [0.25, 0.3) is 0 Å². The SMILES string of the molecule is O=C(Cc1ccncc1)N1CCCC1c1nn(-c2nc3ccccc3[nH]2)c(O)c1CCc1ccc(F)cc1. The molecule has 1 unspecified atom stereocenters. The monoisotopic (exact) mass is 510 g/mol. The van der Waals surface area contributed by atoms with Crippen LogP contribution in [-0.4, -0.2) is 47.2 Å². The lowest BCUT2D eigenvalue weighted by molar-refractivity contribution is -0.131. The van der Waals surface area contributed by atoms with Crippen molar-refractivity contribution in [2.24, 2.45) is 0 Å². The van der Waals surface area contributed by atoms with Crippen molar-refractivity contribution in [2.45, 2.75) is 38.1 Å². The van der Waals surface area contributed by atoms with E-state index in [-0.39, 0.29) is 30.1 Å². The van der Waals surface area contributed by atoms with Gasteiger partial charge in [-0.05, 0) is 73.2 Å². The van der Waals surface area contributed by atoms with E-state index in [0.717, 1.165) is 35.0 Å². The Balaban J connectivity index is 1.36. The van der Waals surface area contributed by atoms with Crippen molar-refractivity contribution in [3.8, 4) is 11.8 Å². The number of rotatable bonds is 7. The highest BCUT2D eigenvalue weighted by molar-refractivity contribution is 5.79. The van der Waals surface area contributed by atoms with Crippen molar-refractivity contribution in [3.63, 3.8) is 0 Å². The van der Waals surface area contributed by atoms with Gasteiger partial charge in [-0.25, -0.2) is 9.37 Å². The van der Waals surface area contributed by atoms with Crippen LogP contribution in [0, 0.1) is 5.82 Å². The maximum Gasteiger partial charge on any atom is 0.232 e. The third-order valence-electron chi connectivity index (χ3n) is 7.14. The van der Waals surface area contributed by atoms with Crippen LogP contribution in [0.1, 0.15) is 41.3 Å². The summed E-state index contributed by atoms with van der Waals surface area (Å²) in [6.07, 6.45) is 6.32. The molecule has 6 rings (SSSR count). The van der Waals surface area contributed by atoms with E-state index in [1.165, 1.54) is 16.8 Å². The number of nitrogens with one attached hydrogen (secondary N) is 1. The van der Waals surface area contributed by atoms with Crippen molar-refractivity contribution < 1.29 is 14.3 Å². The van der Waals surface area contributed by atoms with Crippen molar-refractivity contribution >= 4 is 16.9 Å². The molecule has 1 amide bonds. The van der Waals surface area contributed by atoms with E-state index in [4.69, 9.17) is 5.10 Å². The van der Waals surface area contributed by atoms with Gasteiger partial charge in [0.05, 0.1) is 29.2 Å². The summed E-state index contributed by atoms with van der Waals surface area (Å²) in [6.45, 7) is 0.629. The van der Waals surface area contributed by atoms with Crippen LogP contribution < -0.4 is 0 Å². The number of likely N-dealkylation sites (tertiary alicyclic amines) is 1. The number of fused-ring (bicyclic) bond motifs is 1. The molecule has 0 saturated carbocycles. The van der Waals surface area contributed by atoms with E-state index < -0.39 is 0 Å². The van der Waals surface area contributed by atoms with Crippen LogP contribution in [0.5, 0.6) is 5.88 Å². The van der Waals surface area contributed by atoms with Crippen LogP contribution in [0.3, 0.4) is 0 Å². The molecule has 4 heterocycles. The number of amides is 1. The van der Waals surface area contributed by atoms with Gasteiger partial charge in [0.1, 0.15) is 5.82 Å². The van der Waals surface area contributed by atoms with Crippen molar-refractivity contribution in [3.05, 3.63) is 101 Å². The number of carbonyl (C=O) groups excluding carboxylic acids is 1. The van der Waals surface area contributed by atoms with Gasteiger partial charge in [0.15, 0.2) is 0 Å². The number of imidazole rings is 1. The number of para-hydroxylation sites is 2. The number of benzene rings is 2. The first-order chi connectivity index (χ1) is 18.6. The van der Waals surface area contributed by atoms with Gasteiger partial charge in [-0.1, -0.05) is 24.3 Å². The van der Waals surface area contributed by atoms with Crippen molar-refractivity contribution in [2.75, 3.05) is 6.54 Å². The Morgan fingerprint density at radius 1 is 1.03 bits per heavy atom. The fourth-order valence-corrected chi connectivity index (χ4v) is 5.20. The fourth-order valence-electron chi connectivity index (χ4n) is 5.20. The first-order valence-corrected chi connectivity index (χ1v) is 12.8. The molecule has 38 heavy (non-hydrogen) atoms. The summed E-state index contributed by atoms with van der Waals surface area (Å²) < 4.78 is 14.9. The smallest absolute Gasteiger partial charge is 0.232 e. The summed E-state index contributed by atoms with van der Waals surface area (Å²) in [6, 6.07) is 17.4. The number of aromatic nitrogens is 5. The average molecular weight is 511 g/mol. The van der Waals surface area contributed by atoms with Gasteiger partial charge >= 0.3 is 0 Å². The molecule has 3 aromatic heterocycles. The fraction of sp³-hybridized carbons (Fsp3) is 0.241. The molecule has 2 aromatic carbocycles. The Bertz CT molecular complexity index is 1550. The van der Waals surface area contributed by atoms with Gasteiger partial charge in [0, 0.05) is 24.5 Å². The molecule has 5 aromatic rings. The second-order valence-corrected chi connectivity index (χ2v) is 9.58. The van der Waals surface area contributed by atoms with Gasteiger partial charge in [-0.15, -0.1) is 0 Å². The highest BCUT2D eigenvalue weighted by atomic mass is 19.1. The maximum atomic E-state index is 13.4. The number of hydrogen-bond acceptors (Lipinski definition) is 5. The lowest BCUT2D eigenvalue weighted by Crippen LogP contribution is -2.32. The molecular weight excluding hydrogens is 483 g/mol. The predicted octanol–water partition coefficient (Wildman–Crippen LogP) is 4.68. The summed E-state index contributed by atoms with van der Waals surface area (Å²) >= 11 is 0. The van der Waals surface area contributed by atoms with E-state index in [2.05, 4.69) is 15.0 Å². The molecule has 0 bridgehead atoms. The third-order valence-corrected chi connectivity index (χ3v) is 7.14. The molecule has 1 fully saturated rings. The largest absolute Gasteiger partial charge is 0.493 e. The summed E-state index contributed by atoms with van der Waals surface area (Å²) in [4.78, 5) is 27.1. The minimum Gasteiger partial charge on any atom is -0.493 e. The molecule has 0 aliphatic carbocycles. The number of pyridine rings is 1. The van der Waals surface area contributed by atoms with E-state index in [1.807, 2.05) is 41.3 Å². The molecule has 1 aliphatic rings. The van der Waals surface area contributed by atoms with E-state index >= 15 is 0 Å². The average Bonchev–Trinajstić information content (AvgIpc) is 3.66. The van der Waals surface area contributed by atoms with Gasteiger partial charge in [-0.2, -0.15) is 9.78 Å². The van der Waals surface area contributed by atoms with Crippen LogP contribution in [0.2, 0.25) is 0 Å². The van der Waals surface area contributed by atoms with Gasteiger partial charge in [0.2, 0.25) is 17.7 Å². The Morgan fingerprint density at radius 3 is 2.61 bits per heavy atom. The lowest BCUT2D eigenvalue weighted by Gasteiger charge is -2.24. The first kappa shape index (κ1) is 23.8. The second kappa shape index (κ2) is 10.1. The molecular formula is C29H27FN6O2. The molecule has 0 spiro atoms. The minimum atomic E-state index is -0.288. The Labute approximate surface area is 218 Å². The zero-order valence-corrected chi connectivity index (χ0v) is 20.7. The van der Waals surface area contributed by atoms with Crippen molar-refractivity contribution in [1.29, 1.82) is 0 Å². The maximum absolute atomic E-state index is 13.4. The first-order valence-electron chi connectivity index (χ1n) is 12.8. The lowest BCUT2D eigenvalue weighted by atomic mass is 10.00. The third kappa shape index (κ3) is 4.63. The molecule has 1 atom stereocenters. The quantitative estimate of drug-likeness (QED) is 0.331. The standard InChI is InChI=1S/C29H27FN6O2/c30-21-10-7-19(8-11-21)9-12-22-27(25-6-3-17-35(25)26(37)18-20-13-15-31-16-14-20)34-36(28(22)38)29-32-23-4-1-2-5-24(23)33-29/h1-2,4-5,7-8,10-11,13-16,25,38H,3,6,9,12,17-18H2,(H,32,33). The Hall–Kier alpha value is -4.53. The zero-order valence-electron chi connectivity index (χ0n) is 20.7. The van der Waals surface area contributed by atoms with Crippen LogP contribution in [0.4, 0.5) is 4.39 Å². The predicted molar refractivity (Wildman–Crippen MR) is 140 cm³/mol. The molecule has 2 N–H and O–H groups in total. The Kier molecular flexibility index (Phi) is 6.33. The van der Waals surface area contributed by atoms with E-state index in [0.29, 0.717) is 36.6 Å². The highest BCUT2D eigenvalue weighted by Gasteiger charge is 2.35. The van der Waals surface area contributed by atoms with Crippen LogP contribution in [0.15, 0.2) is 73.1 Å².